The summed E-state index contributed by atoms with van der Waals surface area (Å²) in [6.45, 7) is 7.26. The standard InChI is InChI=1S/C9H16N2S/c1-6(2)7(3)9-11-5-8(4-10)12-9/h5-7H,4,10H2,1-3H3. The van der Waals surface area contributed by atoms with E-state index in [0.717, 1.165) is 0 Å². The lowest BCUT2D eigenvalue weighted by atomic mass is 9.99. The summed E-state index contributed by atoms with van der Waals surface area (Å²) in [6, 6.07) is 0. The molecule has 3 heteroatoms. The first-order valence-electron chi connectivity index (χ1n) is 4.29. The van der Waals surface area contributed by atoms with Crippen molar-refractivity contribution in [2.75, 3.05) is 0 Å². The Morgan fingerprint density at radius 1 is 1.50 bits per heavy atom. The molecule has 1 heterocycles. The van der Waals surface area contributed by atoms with Crippen LogP contribution in [0.5, 0.6) is 0 Å². The largest absolute Gasteiger partial charge is 0.326 e. The highest BCUT2D eigenvalue weighted by Crippen LogP contribution is 2.27. The highest BCUT2D eigenvalue weighted by atomic mass is 32.1. The van der Waals surface area contributed by atoms with Gasteiger partial charge in [0.2, 0.25) is 0 Å². The Morgan fingerprint density at radius 2 is 2.17 bits per heavy atom. The zero-order valence-electron chi connectivity index (χ0n) is 7.87. The quantitative estimate of drug-likeness (QED) is 0.783. The SMILES string of the molecule is CC(C)C(C)c1ncc(CN)s1. The molecule has 0 aromatic carbocycles. The minimum absolute atomic E-state index is 0.551. The average Bonchev–Trinajstić information content (AvgIpc) is 2.50. The topological polar surface area (TPSA) is 38.9 Å². The van der Waals surface area contributed by atoms with Crippen LogP contribution in [0.15, 0.2) is 6.20 Å². The molecule has 0 aliphatic carbocycles. The van der Waals surface area contributed by atoms with E-state index in [0.29, 0.717) is 18.4 Å². The number of nitrogens with zero attached hydrogens (tertiary/aromatic N) is 1. The van der Waals surface area contributed by atoms with Gasteiger partial charge < -0.3 is 5.73 Å². The van der Waals surface area contributed by atoms with E-state index in [1.807, 2.05) is 6.20 Å². The first-order chi connectivity index (χ1) is 5.65. The molecule has 0 saturated carbocycles. The predicted octanol–water partition coefficient (Wildman–Crippen LogP) is 2.36. The average molecular weight is 184 g/mol. The summed E-state index contributed by atoms with van der Waals surface area (Å²) in [6.07, 6.45) is 1.89. The fourth-order valence-corrected chi connectivity index (χ4v) is 1.93. The van der Waals surface area contributed by atoms with Gasteiger partial charge in [-0.05, 0) is 5.92 Å². The minimum Gasteiger partial charge on any atom is -0.326 e. The van der Waals surface area contributed by atoms with Crippen LogP contribution in [0.3, 0.4) is 0 Å². The monoisotopic (exact) mass is 184 g/mol. The van der Waals surface area contributed by atoms with Crippen molar-refractivity contribution in [1.82, 2.24) is 4.98 Å². The summed E-state index contributed by atoms with van der Waals surface area (Å²) in [5.74, 6) is 1.21. The second kappa shape index (κ2) is 4.01. The van der Waals surface area contributed by atoms with Crippen LogP contribution < -0.4 is 5.73 Å². The van der Waals surface area contributed by atoms with Gasteiger partial charge >= 0.3 is 0 Å². The van der Waals surface area contributed by atoms with Crippen LogP contribution in [-0.4, -0.2) is 4.98 Å². The van der Waals surface area contributed by atoms with Crippen molar-refractivity contribution in [1.29, 1.82) is 0 Å². The van der Waals surface area contributed by atoms with Gasteiger partial charge in [-0.15, -0.1) is 11.3 Å². The van der Waals surface area contributed by atoms with E-state index >= 15 is 0 Å². The van der Waals surface area contributed by atoms with Crippen LogP contribution in [0.4, 0.5) is 0 Å². The van der Waals surface area contributed by atoms with E-state index in [2.05, 4.69) is 25.8 Å². The van der Waals surface area contributed by atoms with Crippen molar-refractivity contribution < 1.29 is 0 Å². The maximum Gasteiger partial charge on any atom is 0.0958 e. The first kappa shape index (κ1) is 9.68. The minimum atomic E-state index is 0.551. The highest BCUT2D eigenvalue weighted by Gasteiger charge is 2.13. The third-order valence-electron chi connectivity index (χ3n) is 2.16. The van der Waals surface area contributed by atoms with Crippen LogP contribution in [-0.2, 0) is 6.54 Å². The number of nitrogens with two attached hydrogens (primary N) is 1. The number of hydrogen-bond donors (Lipinski definition) is 1. The van der Waals surface area contributed by atoms with Gasteiger partial charge in [-0.2, -0.15) is 0 Å². The third-order valence-corrected chi connectivity index (χ3v) is 3.38. The molecule has 1 unspecified atom stereocenters. The van der Waals surface area contributed by atoms with Crippen molar-refractivity contribution in [3.05, 3.63) is 16.1 Å². The number of thiazole rings is 1. The molecule has 12 heavy (non-hydrogen) atoms. The van der Waals surface area contributed by atoms with Crippen molar-refractivity contribution in [3.63, 3.8) is 0 Å². The van der Waals surface area contributed by atoms with Crippen LogP contribution in [0.25, 0.3) is 0 Å². The van der Waals surface area contributed by atoms with E-state index in [1.54, 1.807) is 11.3 Å². The van der Waals surface area contributed by atoms with Crippen molar-refractivity contribution in [3.8, 4) is 0 Å². The summed E-state index contributed by atoms with van der Waals surface area (Å²) in [7, 11) is 0. The van der Waals surface area contributed by atoms with Gasteiger partial charge in [0.1, 0.15) is 0 Å². The molecule has 68 valence electrons. The molecule has 0 aliphatic heterocycles. The molecule has 0 fully saturated rings. The van der Waals surface area contributed by atoms with Gasteiger partial charge in [-0.3, -0.25) is 0 Å². The Hall–Kier alpha value is -0.410. The van der Waals surface area contributed by atoms with Gasteiger partial charge in [0.25, 0.3) is 0 Å². The molecule has 1 aromatic rings. The molecule has 2 N–H and O–H groups in total. The Kier molecular flexibility index (Phi) is 3.23. The Morgan fingerprint density at radius 3 is 2.58 bits per heavy atom. The molecular weight excluding hydrogens is 168 g/mol. The maximum absolute atomic E-state index is 5.51. The van der Waals surface area contributed by atoms with Crippen molar-refractivity contribution >= 4 is 11.3 Å². The lowest BCUT2D eigenvalue weighted by Gasteiger charge is -2.11. The first-order valence-corrected chi connectivity index (χ1v) is 5.11. The number of aromatic nitrogens is 1. The predicted molar refractivity (Wildman–Crippen MR) is 53.3 cm³/mol. The smallest absolute Gasteiger partial charge is 0.0958 e. The van der Waals surface area contributed by atoms with Crippen LogP contribution in [0.1, 0.15) is 36.6 Å². The zero-order valence-corrected chi connectivity index (χ0v) is 8.69. The van der Waals surface area contributed by atoms with Crippen LogP contribution in [0, 0.1) is 5.92 Å². The lowest BCUT2D eigenvalue weighted by Crippen LogP contribution is -2.00. The summed E-state index contributed by atoms with van der Waals surface area (Å²) >= 11 is 1.73. The van der Waals surface area contributed by atoms with E-state index in [9.17, 15) is 0 Å². The second-order valence-electron chi connectivity index (χ2n) is 3.40. The van der Waals surface area contributed by atoms with Crippen LogP contribution >= 0.6 is 11.3 Å². The molecule has 0 aliphatic rings. The zero-order chi connectivity index (χ0) is 9.14. The normalized spacial score (nSPS) is 13.8. The molecule has 1 atom stereocenters. The van der Waals surface area contributed by atoms with Gasteiger partial charge in [0.05, 0.1) is 5.01 Å². The van der Waals surface area contributed by atoms with Crippen molar-refractivity contribution in [2.45, 2.75) is 33.2 Å². The van der Waals surface area contributed by atoms with E-state index in [4.69, 9.17) is 5.73 Å². The summed E-state index contributed by atoms with van der Waals surface area (Å²) in [4.78, 5) is 5.52. The molecule has 0 amide bonds. The third kappa shape index (κ3) is 2.05. The molecule has 0 saturated heterocycles. The number of hydrogen-bond acceptors (Lipinski definition) is 3. The molecular formula is C9H16N2S. The fraction of sp³-hybridized carbons (Fsp3) is 0.667. The summed E-state index contributed by atoms with van der Waals surface area (Å²) in [5.41, 5.74) is 5.51. The summed E-state index contributed by atoms with van der Waals surface area (Å²) < 4.78 is 0. The highest BCUT2D eigenvalue weighted by molar-refractivity contribution is 7.11. The van der Waals surface area contributed by atoms with E-state index < -0.39 is 0 Å². The molecule has 0 bridgehead atoms. The summed E-state index contributed by atoms with van der Waals surface area (Å²) in [5, 5.41) is 1.21. The Bertz CT molecular complexity index is 242. The Labute approximate surface area is 77.8 Å². The fourth-order valence-electron chi connectivity index (χ4n) is 0.913. The van der Waals surface area contributed by atoms with Crippen molar-refractivity contribution in [2.24, 2.45) is 11.7 Å². The lowest BCUT2D eigenvalue weighted by molar-refractivity contribution is 0.533. The van der Waals surface area contributed by atoms with E-state index in [-0.39, 0.29) is 0 Å². The van der Waals surface area contributed by atoms with Gasteiger partial charge in [0, 0.05) is 23.5 Å². The van der Waals surface area contributed by atoms with Gasteiger partial charge in [-0.25, -0.2) is 4.98 Å². The Balaban J connectivity index is 2.74. The molecule has 0 spiro atoms. The molecule has 2 nitrogen and oxygen atoms in total. The second-order valence-corrected chi connectivity index (χ2v) is 4.55. The van der Waals surface area contributed by atoms with E-state index in [1.165, 1.54) is 9.88 Å². The van der Waals surface area contributed by atoms with Gasteiger partial charge in [0.15, 0.2) is 0 Å². The molecule has 1 aromatic heterocycles. The maximum atomic E-state index is 5.51. The van der Waals surface area contributed by atoms with Gasteiger partial charge in [-0.1, -0.05) is 20.8 Å². The van der Waals surface area contributed by atoms with Crippen LogP contribution in [0.2, 0.25) is 0 Å². The molecule has 1 rings (SSSR count). The number of rotatable bonds is 3. The molecule has 0 radical (unpaired) electrons.